The molecule has 0 bridgehead atoms. The first-order valence-corrected chi connectivity index (χ1v) is 9.18. The van der Waals surface area contributed by atoms with Crippen molar-refractivity contribution in [1.29, 1.82) is 0 Å². The molecule has 2 atom stereocenters. The Labute approximate surface area is 147 Å². The molecule has 6 heteroatoms. The number of carbonyl (C=O) groups excluding carboxylic acids is 2. The molecule has 0 saturated heterocycles. The monoisotopic (exact) mass is 347 g/mol. The maximum absolute atomic E-state index is 12.7. The molecule has 0 spiro atoms. The minimum Gasteiger partial charge on any atom is -0.481 e. The molecule has 2 aliphatic rings. The Hall–Kier alpha value is -2.11. The van der Waals surface area contributed by atoms with Gasteiger partial charge in [-0.3, -0.25) is 14.4 Å². The van der Waals surface area contributed by atoms with Gasteiger partial charge in [0.15, 0.2) is 11.5 Å². The minimum atomic E-state index is -0.863. The van der Waals surface area contributed by atoms with E-state index in [9.17, 15) is 19.5 Å². The number of ketones is 1. The molecule has 2 unspecified atom stereocenters. The lowest BCUT2D eigenvalue weighted by atomic mass is 9.86. The van der Waals surface area contributed by atoms with Crippen molar-refractivity contribution in [3.8, 4) is 0 Å². The molecule has 1 heterocycles. The fourth-order valence-corrected chi connectivity index (χ4v) is 4.05. The number of fused-ring (bicyclic) bond motifs is 1. The van der Waals surface area contributed by atoms with Crippen molar-refractivity contribution in [3.05, 3.63) is 22.6 Å². The summed E-state index contributed by atoms with van der Waals surface area (Å²) in [6.45, 7) is 1.73. The third-order valence-corrected chi connectivity index (χ3v) is 5.41. The maximum atomic E-state index is 12.7. The molecule has 1 amide bonds. The van der Waals surface area contributed by atoms with Crippen LogP contribution in [0, 0.1) is 12.8 Å². The summed E-state index contributed by atoms with van der Waals surface area (Å²) in [4.78, 5) is 36.4. The highest BCUT2D eigenvalue weighted by molar-refractivity contribution is 6.03. The van der Waals surface area contributed by atoms with Gasteiger partial charge in [-0.25, -0.2) is 0 Å². The molecular formula is C19H25NO5. The smallest absolute Gasteiger partial charge is 0.308 e. The number of Topliss-reactive ketones (excluding diaryl/α,β-unsaturated/α-hetero) is 1. The minimum absolute atomic E-state index is 0.0240. The summed E-state index contributed by atoms with van der Waals surface area (Å²) in [6.07, 6.45) is 6.98. The number of hydrogen-bond donors (Lipinski definition) is 2. The van der Waals surface area contributed by atoms with Gasteiger partial charge in [0.25, 0.3) is 5.91 Å². The Bertz CT molecular complexity index is 690. The van der Waals surface area contributed by atoms with Crippen molar-refractivity contribution in [2.24, 2.45) is 5.92 Å². The number of rotatable bonds is 3. The van der Waals surface area contributed by atoms with Gasteiger partial charge >= 0.3 is 5.97 Å². The van der Waals surface area contributed by atoms with Crippen LogP contribution in [-0.2, 0) is 11.2 Å². The molecule has 1 aromatic heterocycles. The second kappa shape index (κ2) is 7.42. The molecule has 2 aliphatic carbocycles. The van der Waals surface area contributed by atoms with Gasteiger partial charge in [-0.1, -0.05) is 25.7 Å². The van der Waals surface area contributed by atoms with E-state index in [0.29, 0.717) is 42.6 Å². The van der Waals surface area contributed by atoms with Gasteiger partial charge in [-0.05, 0) is 26.2 Å². The van der Waals surface area contributed by atoms with Crippen molar-refractivity contribution >= 4 is 17.7 Å². The van der Waals surface area contributed by atoms with E-state index < -0.39 is 23.8 Å². The van der Waals surface area contributed by atoms with E-state index >= 15 is 0 Å². The zero-order chi connectivity index (χ0) is 18.0. The van der Waals surface area contributed by atoms with Crippen LogP contribution in [0.4, 0.5) is 0 Å². The Morgan fingerprint density at radius 3 is 2.48 bits per heavy atom. The van der Waals surface area contributed by atoms with Gasteiger partial charge < -0.3 is 14.8 Å². The third kappa shape index (κ3) is 3.62. The molecule has 25 heavy (non-hydrogen) atoms. The summed E-state index contributed by atoms with van der Waals surface area (Å²) >= 11 is 0. The van der Waals surface area contributed by atoms with Crippen LogP contribution in [0.5, 0.6) is 0 Å². The number of hydrogen-bond acceptors (Lipinski definition) is 4. The molecule has 2 N–H and O–H groups in total. The topological polar surface area (TPSA) is 96.6 Å². The number of nitrogens with one attached hydrogen (secondary N) is 1. The number of carbonyl (C=O) groups is 3. The van der Waals surface area contributed by atoms with Crippen molar-refractivity contribution in [2.75, 3.05) is 0 Å². The normalized spacial score (nSPS) is 24.1. The average molecular weight is 347 g/mol. The molecule has 6 nitrogen and oxygen atoms in total. The van der Waals surface area contributed by atoms with Gasteiger partial charge in [-0.15, -0.1) is 0 Å². The number of amides is 1. The molecule has 1 saturated carbocycles. The number of aryl methyl sites for hydroxylation is 1. The lowest BCUT2D eigenvalue weighted by molar-refractivity contribution is -0.143. The van der Waals surface area contributed by atoms with Gasteiger partial charge in [0.05, 0.1) is 11.5 Å². The van der Waals surface area contributed by atoms with E-state index in [1.165, 1.54) is 0 Å². The van der Waals surface area contributed by atoms with Crippen LogP contribution in [0.15, 0.2) is 4.42 Å². The summed E-state index contributed by atoms with van der Waals surface area (Å²) in [5.74, 6) is -1.07. The molecule has 1 fully saturated rings. The number of aliphatic carboxylic acids is 1. The lowest BCUT2D eigenvalue weighted by Gasteiger charge is -2.27. The van der Waals surface area contributed by atoms with E-state index in [1.807, 2.05) is 0 Å². The van der Waals surface area contributed by atoms with Crippen LogP contribution in [0.3, 0.4) is 0 Å². The standard InChI is InChI=1S/C19H25NO5/c1-11-16-14(21)9-6-10-15(16)25-17(11)18(22)20-13-8-5-3-2-4-7-12(13)19(23)24/h12-13H,2-10H2,1H3,(H,20,22)(H,23,24). The number of furan rings is 1. The molecule has 0 radical (unpaired) electrons. The molecule has 0 aliphatic heterocycles. The zero-order valence-electron chi connectivity index (χ0n) is 14.6. The first-order valence-electron chi connectivity index (χ1n) is 9.18. The fraction of sp³-hybridized carbons (Fsp3) is 0.632. The van der Waals surface area contributed by atoms with Gasteiger partial charge in [-0.2, -0.15) is 0 Å². The molecule has 1 aromatic rings. The van der Waals surface area contributed by atoms with E-state index in [0.717, 1.165) is 32.1 Å². The Balaban J connectivity index is 1.80. The molecule has 136 valence electrons. The van der Waals surface area contributed by atoms with Gasteiger partial charge in [0.2, 0.25) is 0 Å². The van der Waals surface area contributed by atoms with Gasteiger partial charge in [0.1, 0.15) is 5.76 Å². The van der Waals surface area contributed by atoms with Crippen molar-refractivity contribution in [1.82, 2.24) is 5.32 Å². The van der Waals surface area contributed by atoms with E-state index in [2.05, 4.69) is 5.32 Å². The predicted octanol–water partition coefficient (Wildman–Crippen LogP) is 3.26. The van der Waals surface area contributed by atoms with E-state index in [1.54, 1.807) is 6.92 Å². The Kier molecular flexibility index (Phi) is 5.25. The number of carboxylic acid groups (broad SMARTS) is 1. The summed E-state index contributed by atoms with van der Waals surface area (Å²) in [6, 6.07) is -0.400. The SMILES string of the molecule is Cc1c(C(=O)NC2CCCCCCC2C(=O)O)oc2c1C(=O)CCC2. The van der Waals surface area contributed by atoms with Crippen molar-refractivity contribution in [2.45, 2.75) is 70.8 Å². The van der Waals surface area contributed by atoms with Crippen LogP contribution < -0.4 is 5.32 Å². The molecule has 0 aromatic carbocycles. The molecule has 3 rings (SSSR count). The van der Waals surface area contributed by atoms with Gasteiger partial charge in [0, 0.05) is 24.4 Å². The number of carboxylic acids is 1. The van der Waals surface area contributed by atoms with E-state index in [4.69, 9.17) is 4.42 Å². The highest BCUT2D eigenvalue weighted by atomic mass is 16.4. The summed E-state index contributed by atoms with van der Waals surface area (Å²) < 4.78 is 5.68. The van der Waals surface area contributed by atoms with E-state index in [-0.39, 0.29) is 11.5 Å². The fourth-order valence-electron chi connectivity index (χ4n) is 4.05. The quantitative estimate of drug-likeness (QED) is 0.875. The Morgan fingerprint density at radius 2 is 1.80 bits per heavy atom. The van der Waals surface area contributed by atoms with Crippen LogP contribution in [0.2, 0.25) is 0 Å². The van der Waals surface area contributed by atoms with Crippen LogP contribution in [0.1, 0.15) is 83.6 Å². The Morgan fingerprint density at radius 1 is 1.08 bits per heavy atom. The maximum Gasteiger partial charge on any atom is 0.308 e. The lowest BCUT2D eigenvalue weighted by Crippen LogP contribution is -2.44. The van der Waals surface area contributed by atoms with Crippen LogP contribution >= 0.6 is 0 Å². The largest absolute Gasteiger partial charge is 0.481 e. The first kappa shape index (κ1) is 17.7. The first-order chi connectivity index (χ1) is 12.0. The highest BCUT2D eigenvalue weighted by Gasteiger charge is 2.33. The molecular weight excluding hydrogens is 322 g/mol. The van der Waals surface area contributed by atoms with Crippen LogP contribution in [0.25, 0.3) is 0 Å². The summed E-state index contributed by atoms with van der Waals surface area (Å²) in [5.41, 5.74) is 1.12. The zero-order valence-corrected chi connectivity index (χ0v) is 14.6. The third-order valence-electron chi connectivity index (χ3n) is 5.41. The van der Waals surface area contributed by atoms with Crippen LogP contribution in [-0.4, -0.2) is 28.8 Å². The predicted molar refractivity (Wildman–Crippen MR) is 90.8 cm³/mol. The average Bonchev–Trinajstić information content (AvgIpc) is 2.88. The highest BCUT2D eigenvalue weighted by Crippen LogP contribution is 2.30. The van der Waals surface area contributed by atoms with Crippen molar-refractivity contribution < 1.29 is 23.9 Å². The second-order valence-corrected chi connectivity index (χ2v) is 7.15. The van der Waals surface area contributed by atoms with Crippen molar-refractivity contribution in [3.63, 3.8) is 0 Å². The summed E-state index contributed by atoms with van der Waals surface area (Å²) in [5, 5.41) is 12.4. The second-order valence-electron chi connectivity index (χ2n) is 7.15. The summed E-state index contributed by atoms with van der Waals surface area (Å²) in [7, 11) is 0.